The van der Waals surface area contributed by atoms with Gasteiger partial charge in [0.1, 0.15) is 0 Å². The van der Waals surface area contributed by atoms with Gasteiger partial charge in [-0.05, 0) is 51.4 Å². The summed E-state index contributed by atoms with van der Waals surface area (Å²) in [5.74, 6) is -0.0195. The lowest BCUT2D eigenvalue weighted by Crippen LogP contribution is -2.45. The zero-order chi connectivity index (χ0) is 51.4. The summed E-state index contributed by atoms with van der Waals surface area (Å²) in [5, 5.41) is 23.3. The van der Waals surface area contributed by atoms with Crippen molar-refractivity contribution in [2.75, 3.05) is 13.2 Å². The molecule has 0 bridgehead atoms. The molecule has 6 nitrogen and oxygen atoms in total. The largest absolute Gasteiger partial charge is 0.466 e. The number of unbranched alkanes of at least 4 members (excludes halogenated alkanes) is 48. The molecular weight excluding hydrogens is 875 g/mol. The van der Waals surface area contributed by atoms with E-state index < -0.39 is 12.1 Å². The van der Waals surface area contributed by atoms with Gasteiger partial charge >= 0.3 is 5.97 Å². The first-order valence-corrected chi connectivity index (χ1v) is 32.4. The summed E-state index contributed by atoms with van der Waals surface area (Å²) in [5.41, 5.74) is 0. The number of allylic oxidation sites excluding steroid dienone is 2. The van der Waals surface area contributed by atoms with Gasteiger partial charge in [-0.2, -0.15) is 0 Å². The minimum atomic E-state index is -0.663. The molecule has 0 radical (unpaired) electrons. The van der Waals surface area contributed by atoms with Crippen LogP contribution in [0.3, 0.4) is 0 Å². The molecule has 3 N–H and O–H groups in total. The summed E-state index contributed by atoms with van der Waals surface area (Å²) in [6, 6.07) is -0.540. The van der Waals surface area contributed by atoms with Crippen LogP contribution in [-0.4, -0.2) is 47.4 Å². The molecule has 0 aromatic rings. The van der Waals surface area contributed by atoms with E-state index >= 15 is 0 Å². The average molecular weight is 1000 g/mol. The molecule has 0 aliphatic heterocycles. The Morgan fingerprint density at radius 3 is 1.00 bits per heavy atom. The summed E-state index contributed by atoms with van der Waals surface area (Å²) in [7, 11) is 0. The molecule has 0 aliphatic rings. The molecule has 2 unspecified atom stereocenters. The Balaban J connectivity index is 3.34. The van der Waals surface area contributed by atoms with Crippen LogP contribution in [0.4, 0.5) is 0 Å². The third kappa shape index (κ3) is 57.7. The fourth-order valence-corrected chi connectivity index (χ4v) is 10.3. The normalized spacial score (nSPS) is 12.6. The Bertz CT molecular complexity index is 1060. The Morgan fingerprint density at radius 2 is 0.662 bits per heavy atom. The highest BCUT2D eigenvalue weighted by Crippen LogP contribution is 2.18. The molecule has 0 spiro atoms. The van der Waals surface area contributed by atoms with Gasteiger partial charge in [0.2, 0.25) is 5.91 Å². The summed E-state index contributed by atoms with van der Waals surface area (Å²) < 4.78 is 5.50. The SMILES string of the molecule is CCCCCCCC/C=C\CCCCCCCCCCCC(=O)OCCCCCCCCCCCCCCCCCCCCCCCCC(=O)NC(CO)C(O)CCCCCCCCCCCCCCC. The number of esters is 1. The Morgan fingerprint density at radius 1 is 0.380 bits per heavy atom. The van der Waals surface area contributed by atoms with E-state index in [0.29, 0.717) is 25.9 Å². The first-order chi connectivity index (χ1) is 35.0. The van der Waals surface area contributed by atoms with Gasteiger partial charge in [0, 0.05) is 12.8 Å². The van der Waals surface area contributed by atoms with Crippen molar-refractivity contribution in [2.24, 2.45) is 0 Å². The van der Waals surface area contributed by atoms with Gasteiger partial charge in [-0.1, -0.05) is 315 Å². The maximum atomic E-state index is 12.5. The van der Waals surface area contributed by atoms with E-state index in [1.807, 2.05) is 0 Å². The molecule has 422 valence electrons. The van der Waals surface area contributed by atoms with Crippen LogP contribution in [0.2, 0.25) is 0 Å². The maximum Gasteiger partial charge on any atom is 0.305 e. The number of nitrogens with one attached hydrogen (secondary N) is 1. The summed E-state index contributed by atoms with van der Waals surface area (Å²) >= 11 is 0. The van der Waals surface area contributed by atoms with E-state index in [0.717, 1.165) is 44.9 Å². The second-order valence-electron chi connectivity index (χ2n) is 22.5. The van der Waals surface area contributed by atoms with Gasteiger partial charge in [-0.3, -0.25) is 9.59 Å². The second-order valence-corrected chi connectivity index (χ2v) is 22.5. The monoisotopic (exact) mass is 1000 g/mol. The van der Waals surface area contributed by atoms with Crippen LogP contribution in [0, 0.1) is 0 Å². The van der Waals surface area contributed by atoms with Gasteiger partial charge in [0.15, 0.2) is 0 Å². The zero-order valence-electron chi connectivity index (χ0n) is 48.2. The first-order valence-electron chi connectivity index (χ1n) is 32.4. The summed E-state index contributed by atoms with van der Waals surface area (Å²) in [4.78, 5) is 24.6. The number of aliphatic hydroxyl groups excluding tert-OH is 2. The van der Waals surface area contributed by atoms with E-state index in [2.05, 4.69) is 31.3 Å². The second kappa shape index (κ2) is 61.1. The number of ether oxygens (including phenoxy) is 1. The Labute approximate surface area is 444 Å². The van der Waals surface area contributed by atoms with E-state index in [1.54, 1.807) is 0 Å². The summed E-state index contributed by atoms with van der Waals surface area (Å²) in [6.45, 7) is 4.97. The Kier molecular flexibility index (Phi) is 59.9. The molecule has 1 amide bonds. The topological polar surface area (TPSA) is 95.9 Å². The van der Waals surface area contributed by atoms with Gasteiger partial charge in [-0.15, -0.1) is 0 Å². The molecule has 0 saturated heterocycles. The quantitative estimate of drug-likeness (QED) is 0.0320. The smallest absolute Gasteiger partial charge is 0.305 e. The molecule has 0 aliphatic carbocycles. The van der Waals surface area contributed by atoms with E-state index in [4.69, 9.17) is 4.74 Å². The third-order valence-corrected chi connectivity index (χ3v) is 15.3. The first kappa shape index (κ1) is 69.6. The van der Waals surface area contributed by atoms with Crippen molar-refractivity contribution in [3.8, 4) is 0 Å². The van der Waals surface area contributed by atoms with Crippen LogP contribution in [0.15, 0.2) is 12.2 Å². The summed E-state index contributed by atoms with van der Waals surface area (Å²) in [6.07, 6.45) is 73.7. The van der Waals surface area contributed by atoms with E-state index in [9.17, 15) is 19.8 Å². The van der Waals surface area contributed by atoms with Gasteiger partial charge in [0.25, 0.3) is 0 Å². The number of rotatable bonds is 61. The van der Waals surface area contributed by atoms with Gasteiger partial charge in [0.05, 0.1) is 25.4 Å². The molecule has 0 fully saturated rings. The van der Waals surface area contributed by atoms with Crippen molar-refractivity contribution < 1.29 is 24.5 Å². The third-order valence-electron chi connectivity index (χ3n) is 15.3. The average Bonchev–Trinajstić information content (AvgIpc) is 3.37. The highest BCUT2D eigenvalue weighted by molar-refractivity contribution is 5.76. The maximum absolute atomic E-state index is 12.5. The standard InChI is InChI=1S/C65H127NO5/c1-3-5-7-9-11-13-15-17-18-19-24-28-31-35-39-43-47-51-55-59-65(70)71-60-56-52-48-44-40-36-32-29-26-23-21-20-22-25-27-30-34-38-42-46-50-54-58-64(69)66-62(61-67)63(68)57-53-49-45-41-37-33-16-14-12-10-8-6-4-2/h17-18,62-63,67-68H,3-16,19-61H2,1-2H3,(H,66,69)/b18-17-. The number of hydrogen-bond donors (Lipinski definition) is 3. The lowest BCUT2D eigenvalue weighted by atomic mass is 10.0. The number of carbonyl (C=O) groups is 2. The van der Waals surface area contributed by atoms with E-state index in [-0.39, 0.29) is 18.5 Å². The molecule has 0 heterocycles. The van der Waals surface area contributed by atoms with E-state index in [1.165, 1.54) is 289 Å². The van der Waals surface area contributed by atoms with Crippen LogP contribution < -0.4 is 5.32 Å². The van der Waals surface area contributed by atoms with Gasteiger partial charge in [-0.25, -0.2) is 0 Å². The predicted octanol–water partition coefficient (Wildman–Crippen LogP) is 20.4. The fourth-order valence-electron chi connectivity index (χ4n) is 10.3. The molecule has 2 atom stereocenters. The number of carbonyl (C=O) groups excluding carboxylic acids is 2. The molecule has 71 heavy (non-hydrogen) atoms. The minimum Gasteiger partial charge on any atom is -0.466 e. The van der Waals surface area contributed by atoms with Crippen molar-refractivity contribution >= 4 is 11.9 Å². The highest BCUT2D eigenvalue weighted by Gasteiger charge is 2.20. The molecule has 0 saturated carbocycles. The van der Waals surface area contributed by atoms with Crippen LogP contribution >= 0.6 is 0 Å². The van der Waals surface area contributed by atoms with Crippen molar-refractivity contribution in [2.45, 2.75) is 379 Å². The van der Waals surface area contributed by atoms with Crippen LogP contribution in [0.25, 0.3) is 0 Å². The molecular formula is C65H127NO5. The lowest BCUT2D eigenvalue weighted by molar-refractivity contribution is -0.143. The van der Waals surface area contributed by atoms with Crippen LogP contribution in [0.5, 0.6) is 0 Å². The predicted molar refractivity (Wildman–Crippen MR) is 310 cm³/mol. The Hall–Kier alpha value is -1.40. The molecule has 0 aromatic carbocycles. The molecule has 0 aromatic heterocycles. The highest BCUT2D eigenvalue weighted by atomic mass is 16.5. The zero-order valence-corrected chi connectivity index (χ0v) is 48.2. The van der Waals surface area contributed by atoms with Crippen LogP contribution in [-0.2, 0) is 14.3 Å². The number of hydrogen-bond acceptors (Lipinski definition) is 5. The molecule has 0 rings (SSSR count). The number of aliphatic hydroxyl groups is 2. The van der Waals surface area contributed by atoms with Crippen LogP contribution in [0.1, 0.15) is 367 Å². The minimum absolute atomic E-state index is 0.0137. The van der Waals surface area contributed by atoms with Crippen molar-refractivity contribution in [3.05, 3.63) is 12.2 Å². The van der Waals surface area contributed by atoms with Crippen molar-refractivity contribution in [1.82, 2.24) is 5.32 Å². The molecule has 6 heteroatoms. The lowest BCUT2D eigenvalue weighted by Gasteiger charge is -2.22. The van der Waals surface area contributed by atoms with Crippen molar-refractivity contribution in [1.29, 1.82) is 0 Å². The number of amides is 1. The van der Waals surface area contributed by atoms with Crippen molar-refractivity contribution in [3.63, 3.8) is 0 Å². The van der Waals surface area contributed by atoms with Gasteiger partial charge < -0.3 is 20.3 Å². The fraction of sp³-hybridized carbons (Fsp3) is 0.938.